The van der Waals surface area contributed by atoms with E-state index in [0.29, 0.717) is 5.56 Å². The van der Waals surface area contributed by atoms with Crippen molar-refractivity contribution >= 4 is 11.7 Å². The number of rotatable bonds is 4. The van der Waals surface area contributed by atoms with Gasteiger partial charge in [-0.3, -0.25) is 0 Å². The molecule has 0 saturated carbocycles. The number of benzene rings is 2. The van der Waals surface area contributed by atoms with E-state index in [1.807, 2.05) is 0 Å². The molecule has 2 rings (SSSR count). The number of esters is 1. The van der Waals surface area contributed by atoms with Crippen LogP contribution in [0.25, 0.3) is 0 Å². The summed E-state index contributed by atoms with van der Waals surface area (Å²) in [5, 5.41) is 23.4. The molecule has 2 aromatic carbocycles. The van der Waals surface area contributed by atoms with Crippen LogP contribution in [0.4, 0.5) is 0 Å². The maximum Gasteiger partial charge on any atom is 0.349 e. The molecule has 21 heavy (non-hydrogen) atoms. The zero-order valence-corrected chi connectivity index (χ0v) is 11.4. The van der Waals surface area contributed by atoms with Gasteiger partial charge in [0.25, 0.3) is 0 Å². The average molecular weight is 285 g/mol. The van der Waals surface area contributed by atoms with Crippen LogP contribution in [-0.2, 0) is 15.1 Å². The first-order valence-electron chi connectivity index (χ1n) is 6.29. The normalized spacial score (nSPS) is 14.3. The molecule has 0 aliphatic heterocycles. The Morgan fingerprint density at radius 2 is 1.57 bits per heavy atom. The SMILES string of the molecule is COC(=O)[C@](O)(/C(=N/O)c1ccccc1)c1ccccc1. The number of carbonyl (C=O) groups is 1. The summed E-state index contributed by atoms with van der Waals surface area (Å²) in [6.07, 6.45) is 0. The van der Waals surface area contributed by atoms with E-state index in [-0.39, 0.29) is 11.3 Å². The lowest BCUT2D eigenvalue weighted by atomic mass is 9.85. The zero-order chi connectivity index (χ0) is 15.3. The van der Waals surface area contributed by atoms with Gasteiger partial charge in [0.1, 0.15) is 5.71 Å². The maximum atomic E-state index is 12.1. The molecule has 108 valence electrons. The van der Waals surface area contributed by atoms with E-state index in [1.165, 1.54) is 0 Å². The van der Waals surface area contributed by atoms with Crippen molar-refractivity contribution < 1.29 is 19.8 Å². The van der Waals surface area contributed by atoms with E-state index in [1.54, 1.807) is 60.7 Å². The number of aliphatic hydroxyl groups is 1. The van der Waals surface area contributed by atoms with Crippen LogP contribution in [0, 0.1) is 0 Å². The van der Waals surface area contributed by atoms with Gasteiger partial charge >= 0.3 is 5.97 Å². The molecule has 0 aliphatic rings. The Morgan fingerprint density at radius 3 is 2.05 bits per heavy atom. The Kier molecular flexibility index (Phi) is 4.35. The first-order chi connectivity index (χ1) is 10.1. The molecular formula is C16H15NO4. The standard InChI is InChI=1S/C16H15NO4/c1-21-15(18)16(19,13-10-6-3-7-11-13)14(17-20)12-8-4-2-5-9-12/h2-11,19-20H,1H3/b17-14+/t16-/m1/s1. The molecule has 0 saturated heterocycles. The number of hydrogen-bond acceptors (Lipinski definition) is 5. The molecule has 0 fully saturated rings. The van der Waals surface area contributed by atoms with Crippen molar-refractivity contribution in [2.45, 2.75) is 5.60 Å². The highest BCUT2D eigenvalue weighted by Gasteiger charge is 2.45. The van der Waals surface area contributed by atoms with Crippen LogP contribution >= 0.6 is 0 Å². The topological polar surface area (TPSA) is 79.1 Å². The van der Waals surface area contributed by atoms with Gasteiger partial charge in [-0.2, -0.15) is 0 Å². The van der Waals surface area contributed by atoms with Gasteiger partial charge in [0.15, 0.2) is 0 Å². The third-order valence-electron chi connectivity index (χ3n) is 3.16. The fourth-order valence-corrected chi connectivity index (χ4v) is 2.11. The third kappa shape index (κ3) is 2.64. The van der Waals surface area contributed by atoms with E-state index >= 15 is 0 Å². The van der Waals surface area contributed by atoms with Crippen LogP contribution in [0.2, 0.25) is 0 Å². The second kappa shape index (κ2) is 6.19. The molecule has 0 radical (unpaired) electrons. The molecule has 0 spiro atoms. The highest BCUT2D eigenvalue weighted by Crippen LogP contribution is 2.28. The second-order valence-corrected chi connectivity index (χ2v) is 4.38. The van der Waals surface area contributed by atoms with Crippen LogP contribution in [0.1, 0.15) is 11.1 Å². The van der Waals surface area contributed by atoms with E-state index in [9.17, 15) is 15.1 Å². The minimum atomic E-state index is -2.19. The summed E-state index contributed by atoms with van der Waals surface area (Å²) in [7, 11) is 1.16. The lowest BCUT2D eigenvalue weighted by Crippen LogP contribution is -2.45. The minimum Gasteiger partial charge on any atom is -0.466 e. The highest BCUT2D eigenvalue weighted by molar-refractivity contribution is 6.18. The summed E-state index contributed by atoms with van der Waals surface area (Å²) in [6.45, 7) is 0. The van der Waals surface area contributed by atoms with Gasteiger partial charge in [0.2, 0.25) is 5.60 Å². The van der Waals surface area contributed by atoms with Crippen molar-refractivity contribution in [3.8, 4) is 0 Å². The van der Waals surface area contributed by atoms with Crippen LogP contribution < -0.4 is 0 Å². The minimum absolute atomic E-state index is 0.193. The highest BCUT2D eigenvalue weighted by atomic mass is 16.5. The predicted octanol–water partition coefficient (Wildman–Crippen LogP) is 1.93. The maximum absolute atomic E-state index is 12.1. The Bertz CT molecular complexity index is 640. The van der Waals surface area contributed by atoms with Gasteiger partial charge in [-0.1, -0.05) is 65.8 Å². The van der Waals surface area contributed by atoms with Crippen molar-refractivity contribution in [1.29, 1.82) is 0 Å². The predicted molar refractivity (Wildman–Crippen MR) is 77.1 cm³/mol. The summed E-state index contributed by atoms with van der Waals surface area (Å²) < 4.78 is 4.69. The molecule has 0 amide bonds. The monoisotopic (exact) mass is 285 g/mol. The van der Waals surface area contributed by atoms with Crippen molar-refractivity contribution in [1.82, 2.24) is 0 Å². The van der Waals surface area contributed by atoms with E-state index in [0.717, 1.165) is 7.11 Å². The van der Waals surface area contributed by atoms with Gasteiger partial charge in [-0.05, 0) is 0 Å². The lowest BCUT2D eigenvalue weighted by Gasteiger charge is -2.26. The molecule has 2 N–H and O–H groups in total. The van der Waals surface area contributed by atoms with Gasteiger partial charge in [0, 0.05) is 11.1 Å². The van der Waals surface area contributed by atoms with E-state index in [4.69, 9.17) is 4.74 Å². The molecule has 0 aliphatic carbocycles. The van der Waals surface area contributed by atoms with Crippen molar-refractivity contribution in [3.63, 3.8) is 0 Å². The van der Waals surface area contributed by atoms with E-state index in [2.05, 4.69) is 5.16 Å². The molecule has 0 heterocycles. The van der Waals surface area contributed by atoms with Crippen LogP contribution in [0.15, 0.2) is 65.8 Å². The van der Waals surface area contributed by atoms with Crippen molar-refractivity contribution in [2.24, 2.45) is 5.16 Å². The molecule has 5 heteroatoms. The molecule has 2 aromatic rings. The zero-order valence-electron chi connectivity index (χ0n) is 11.4. The first-order valence-corrected chi connectivity index (χ1v) is 6.29. The van der Waals surface area contributed by atoms with Crippen LogP contribution in [0.5, 0.6) is 0 Å². The van der Waals surface area contributed by atoms with Crippen LogP contribution in [-0.4, -0.2) is 29.1 Å². The molecule has 0 unspecified atom stereocenters. The summed E-state index contributed by atoms with van der Waals surface area (Å²) >= 11 is 0. The molecule has 0 bridgehead atoms. The quantitative estimate of drug-likeness (QED) is 0.389. The van der Waals surface area contributed by atoms with Gasteiger partial charge in [-0.25, -0.2) is 4.79 Å². The Morgan fingerprint density at radius 1 is 1.05 bits per heavy atom. The summed E-state index contributed by atoms with van der Waals surface area (Å²) in [5.41, 5.74) is -1.71. The molecule has 0 aromatic heterocycles. The van der Waals surface area contributed by atoms with Gasteiger partial charge in [-0.15, -0.1) is 0 Å². The smallest absolute Gasteiger partial charge is 0.349 e. The molecular weight excluding hydrogens is 270 g/mol. The Hall–Kier alpha value is -2.66. The van der Waals surface area contributed by atoms with Crippen molar-refractivity contribution in [2.75, 3.05) is 7.11 Å². The largest absolute Gasteiger partial charge is 0.466 e. The number of ether oxygens (including phenoxy) is 1. The summed E-state index contributed by atoms with van der Waals surface area (Å²) in [6, 6.07) is 16.7. The van der Waals surface area contributed by atoms with E-state index < -0.39 is 11.6 Å². The average Bonchev–Trinajstić information content (AvgIpc) is 2.56. The number of methoxy groups -OCH3 is 1. The molecule has 1 atom stereocenters. The third-order valence-corrected chi connectivity index (χ3v) is 3.16. The lowest BCUT2D eigenvalue weighted by molar-refractivity contribution is -0.156. The molecule has 5 nitrogen and oxygen atoms in total. The fourth-order valence-electron chi connectivity index (χ4n) is 2.11. The van der Waals surface area contributed by atoms with Crippen LogP contribution in [0.3, 0.4) is 0 Å². The number of oxime groups is 1. The Labute approximate surface area is 122 Å². The van der Waals surface area contributed by atoms with Gasteiger partial charge in [0.05, 0.1) is 7.11 Å². The summed E-state index contributed by atoms with van der Waals surface area (Å²) in [4.78, 5) is 12.1. The second-order valence-electron chi connectivity index (χ2n) is 4.38. The van der Waals surface area contributed by atoms with Crippen molar-refractivity contribution in [3.05, 3.63) is 71.8 Å². The first kappa shape index (κ1) is 14.7. The number of carbonyl (C=O) groups excluding carboxylic acids is 1. The fraction of sp³-hybridized carbons (Fsp3) is 0.125. The van der Waals surface area contributed by atoms with Gasteiger partial charge < -0.3 is 15.1 Å². The number of nitrogens with zero attached hydrogens (tertiary/aromatic N) is 1. The summed E-state index contributed by atoms with van der Waals surface area (Å²) in [5.74, 6) is -0.926. The Balaban J connectivity index is 2.63. The number of hydrogen-bond donors (Lipinski definition) is 2.